The standard InChI is InChI=1S/C42H50FN11O4/c1-49(2)41(58)34-21-27-22-45-42(48-38(27)54(34)29-5-3-4-6-29)46-35-11-8-30(23-44-35)52-19-17-51(18-20-52)28-13-15-50(16-14-28)24-26-7-9-31-32(37(26)43)25-53(40(31)57)33-10-12-36(55)47-39(33)56/h7-9,11,21-23,28-29,33H,3-6,10,12-20,24-25H2,1-2H3,(H,47,55,56)(H,44,45,46,48). The van der Waals surface area contributed by atoms with Gasteiger partial charge in [0.05, 0.1) is 18.4 Å². The third kappa shape index (κ3) is 7.27. The Morgan fingerprint density at radius 1 is 0.914 bits per heavy atom. The number of hydrogen-bond donors (Lipinski definition) is 2. The highest BCUT2D eigenvalue weighted by Gasteiger charge is 2.41. The van der Waals surface area contributed by atoms with Crippen LogP contribution in [0.4, 0.5) is 21.8 Å². The van der Waals surface area contributed by atoms with E-state index < -0.39 is 11.9 Å². The van der Waals surface area contributed by atoms with Crippen LogP contribution in [0.5, 0.6) is 0 Å². The number of rotatable bonds is 9. The van der Waals surface area contributed by atoms with Gasteiger partial charge in [-0.3, -0.25) is 34.3 Å². The van der Waals surface area contributed by atoms with Crippen LogP contribution >= 0.6 is 0 Å². The summed E-state index contributed by atoms with van der Waals surface area (Å²) < 4.78 is 17.9. The summed E-state index contributed by atoms with van der Waals surface area (Å²) in [5.41, 5.74) is 3.69. The van der Waals surface area contributed by atoms with Crippen molar-refractivity contribution in [3.05, 3.63) is 70.9 Å². The number of nitrogens with zero attached hydrogens (tertiary/aromatic N) is 9. The summed E-state index contributed by atoms with van der Waals surface area (Å²) in [6.45, 7) is 5.93. The molecular formula is C42H50FN11O4. The Kier molecular flexibility index (Phi) is 10.3. The van der Waals surface area contributed by atoms with Gasteiger partial charge in [0.15, 0.2) is 0 Å². The number of carbonyl (C=O) groups is 4. The number of fused-ring (bicyclic) bond motifs is 2. The van der Waals surface area contributed by atoms with Crippen LogP contribution in [0.1, 0.15) is 89.4 Å². The topological polar surface area (TPSA) is 152 Å². The maximum Gasteiger partial charge on any atom is 0.270 e. The molecule has 15 nitrogen and oxygen atoms in total. The molecule has 3 saturated heterocycles. The van der Waals surface area contributed by atoms with Gasteiger partial charge in [-0.05, 0) is 69.5 Å². The summed E-state index contributed by atoms with van der Waals surface area (Å²) in [6, 6.07) is 9.29. The molecule has 304 valence electrons. The Morgan fingerprint density at radius 3 is 2.40 bits per heavy atom. The summed E-state index contributed by atoms with van der Waals surface area (Å²) in [5.74, 6) is -0.509. The monoisotopic (exact) mass is 791 g/mol. The van der Waals surface area contributed by atoms with E-state index in [1.165, 1.54) is 4.90 Å². The highest BCUT2D eigenvalue weighted by molar-refractivity contribution is 6.05. The molecule has 1 unspecified atom stereocenters. The molecule has 1 atom stereocenters. The number of piperidine rings is 2. The maximum absolute atomic E-state index is 15.8. The largest absolute Gasteiger partial charge is 0.368 e. The molecule has 0 spiro atoms. The van der Waals surface area contributed by atoms with Crippen molar-refractivity contribution in [2.75, 3.05) is 63.6 Å². The lowest BCUT2D eigenvalue weighted by molar-refractivity contribution is -0.136. The van der Waals surface area contributed by atoms with E-state index in [2.05, 4.69) is 41.0 Å². The third-order valence-electron chi connectivity index (χ3n) is 12.8. The van der Waals surface area contributed by atoms with E-state index in [0.29, 0.717) is 46.7 Å². The minimum absolute atomic E-state index is 0.0341. The minimum Gasteiger partial charge on any atom is -0.368 e. The Labute approximate surface area is 336 Å². The van der Waals surface area contributed by atoms with Gasteiger partial charge in [0.25, 0.3) is 11.8 Å². The van der Waals surface area contributed by atoms with Gasteiger partial charge in [0.2, 0.25) is 17.8 Å². The van der Waals surface area contributed by atoms with Crippen molar-refractivity contribution in [1.82, 2.24) is 44.4 Å². The highest BCUT2D eigenvalue weighted by atomic mass is 19.1. The fourth-order valence-electron chi connectivity index (χ4n) is 9.56. The second-order valence-corrected chi connectivity index (χ2v) is 16.5. The zero-order valence-electron chi connectivity index (χ0n) is 33.1. The average Bonchev–Trinajstić information content (AvgIpc) is 3.97. The molecule has 4 amide bonds. The van der Waals surface area contributed by atoms with Crippen LogP contribution in [0.25, 0.3) is 11.0 Å². The highest BCUT2D eigenvalue weighted by Crippen LogP contribution is 2.36. The predicted molar refractivity (Wildman–Crippen MR) is 215 cm³/mol. The summed E-state index contributed by atoms with van der Waals surface area (Å²) in [7, 11) is 3.55. The van der Waals surface area contributed by atoms with Crippen molar-refractivity contribution in [3.8, 4) is 0 Å². The lowest BCUT2D eigenvalue weighted by Gasteiger charge is -2.43. The van der Waals surface area contributed by atoms with Crippen LogP contribution in [0.15, 0.2) is 42.7 Å². The van der Waals surface area contributed by atoms with Gasteiger partial charge in [-0.1, -0.05) is 18.9 Å². The lowest BCUT2D eigenvalue weighted by Crippen LogP contribution is -2.53. The molecule has 5 aliphatic rings. The number of imide groups is 1. The van der Waals surface area contributed by atoms with Gasteiger partial charge in [0, 0.05) is 93.6 Å². The van der Waals surface area contributed by atoms with Gasteiger partial charge in [-0.2, -0.15) is 4.98 Å². The van der Waals surface area contributed by atoms with Gasteiger partial charge >= 0.3 is 0 Å². The quantitative estimate of drug-likeness (QED) is 0.236. The average molecular weight is 792 g/mol. The van der Waals surface area contributed by atoms with E-state index in [4.69, 9.17) is 9.97 Å². The lowest BCUT2D eigenvalue weighted by atomic mass is 10.00. The number of anilines is 3. The SMILES string of the molecule is CN(C)C(=O)c1cc2cnc(Nc3ccc(N4CCN(C5CCN(Cc6ccc7c(c6F)CN(C6CCC(=O)NC6=O)C7=O)CC5)CC4)cn3)nc2n1C1CCCC1. The van der Waals surface area contributed by atoms with E-state index in [0.717, 1.165) is 94.5 Å². The maximum atomic E-state index is 15.8. The van der Waals surface area contributed by atoms with E-state index in [1.807, 2.05) is 18.3 Å². The molecule has 0 bridgehead atoms. The number of amides is 4. The molecule has 7 heterocycles. The zero-order valence-corrected chi connectivity index (χ0v) is 33.1. The van der Waals surface area contributed by atoms with Gasteiger partial charge in [-0.15, -0.1) is 0 Å². The number of benzene rings is 1. The molecule has 58 heavy (non-hydrogen) atoms. The number of halogens is 1. The van der Waals surface area contributed by atoms with E-state index >= 15 is 4.39 Å². The van der Waals surface area contributed by atoms with Crippen molar-refractivity contribution >= 4 is 52.1 Å². The van der Waals surface area contributed by atoms with E-state index in [9.17, 15) is 19.2 Å². The predicted octanol–water partition coefficient (Wildman–Crippen LogP) is 4.07. The number of piperazine rings is 1. The molecule has 9 rings (SSSR count). The van der Waals surface area contributed by atoms with E-state index in [1.54, 1.807) is 37.3 Å². The molecule has 0 radical (unpaired) electrons. The first-order chi connectivity index (χ1) is 28.1. The smallest absolute Gasteiger partial charge is 0.270 e. The van der Waals surface area contributed by atoms with Crippen molar-refractivity contribution in [3.63, 3.8) is 0 Å². The Hall–Kier alpha value is -5.48. The molecule has 16 heteroatoms. The second-order valence-electron chi connectivity index (χ2n) is 16.5. The first kappa shape index (κ1) is 38.1. The Morgan fingerprint density at radius 2 is 1.69 bits per heavy atom. The summed E-state index contributed by atoms with van der Waals surface area (Å²) in [5, 5.41) is 6.43. The molecule has 1 aliphatic carbocycles. The van der Waals surface area contributed by atoms with Gasteiger partial charge < -0.3 is 24.6 Å². The van der Waals surface area contributed by atoms with Gasteiger partial charge in [-0.25, -0.2) is 14.4 Å². The summed E-state index contributed by atoms with van der Waals surface area (Å²) >= 11 is 0. The third-order valence-corrected chi connectivity index (χ3v) is 12.8. The molecule has 4 aliphatic heterocycles. The number of carbonyl (C=O) groups excluding carboxylic acids is 4. The molecule has 3 aromatic heterocycles. The normalized spacial score (nSPS) is 21.2. The first-order valence-electron chi connectivity index (χ1n) is 20.6. The van der Waals surface area contributed by atoms with Crippen molar-refractivity contribution < 1.29 is 23.6 Å². The molecule has 4 fully saturated rings. The molecule has 1 saturated carbocycles. The van der Waals surface area contributed by atoms with Crippen LogP contribution in [-0.4, -0.2) is 128 Å². The first-order valence-corrected chi connectivity index (χ1v) is 20.6. The molecule has 2 N–H and O–H groups in total. The van der Waals surface area contributed by atoms with E-state index in [-0.39, 0.29) is 49.0 Å². The Balaban J connectivity index is 0.765. The Bertz CT molecular complexity index is 2240. The van der Waals surface area contributed by atoms with Crippen LogP contribution in [0.3, 0.4) is 0 Å². The van der Waals surface area contributed by atoms with Crippen LogP contribution < -0.4 is 15.5 Å². The van der Waals surface area contributed by atoms with Gasteiger partial charge in [0.1, 0.15) is 29.0 Å². The zero-order chi connectivity index (χ0) is 40.1. The summed E-state index contributed by atoms with van der Waals surface area (Å²) in [4.78, 5) is 74.6. The fraction of sp³-hybridized carbons (Fsp3) is 0.500. The number of likely N-dealkylation sites (tertiary alicyclic amines) is 1. The molecular weight excluding hydrogens is 742 g/mol. The van der Waals surface area contributed by atoms with Crippen LogP contribution in [0, 0.1) is 5.82 Å². The number of aromatic nitrogens is 4. The van der Waals surface area contributed by atoms with Crippen molar-refractivity contribution in [1.29, 1.82) is 0 Å². The number of pyridine rings is 1. The summed E-state index contributed by atoms with van der Waals surface area (Å²) in [6.07, 6.45) is 10.4. The number of nitrogens with one attached hydrogen (secondary N) is 2. The van der Waals surface area contributed by atoms with Crippen molar-refractivity contribution in [2.45, 2.75) is 82.6 Å². The minimum atomic E-state index is -0.762. The second kappa shape index (κ2) is 15.7. The molecule has 1 aromatic carbocycles. The van der Waals surface area contributed by atoms with Crippen LogP contribution in [0.2, 0.25) is 0 Å². The number of hydrogen-bond acceptors (Lipinski definition) is 11. The van der Waals surface area contributed by atoms with Crippen molar-refractivity contribution in [2.24, 2.45) is 0 Å². The molecule has 4 aromatic rings. The fourth-order valence-corrected chi connectivity index (χ4v) is 9.56. The van der Waals surface area contributed by atoms with Crippen LogP contribution in [-0.2, 0) is 22.7 Å².